The summed E-state index contributed by atoms with van der Waals surface area (Å²) in [5, 5.41) is 3.31. The smallest absolute Gasteiger partial charge is 0.243 e. The number of ether oxygens (including phenoxy) is 2. The minimum absolute atomic E-state index is 0.0462. The molecule has 1 aliphatic rings. The van der Waals surface area contributed by atoms with E-state index in [0.29, 0.717) is 30.9 Å². The largest absolute Gasteiger partial charge is 0.493 e. The first-order chi connectivity index (χ1) is 19.5. The zero-order valence-electron chi connectivity index (χ0n) is 24.0. The Kier molecular flexibility index (Phi) is 10.6. The molecule has 1 saturated carbocycles. The lowest BCUT2D eigenvalue weighted by Crippen LogP contribution is -2.52. The topological polar surface area (TPSA) is 67.9 Å². The molecule has 0 aliphatic heterocycles. The molecular weight excluding hydrogens is 500 g/mol. The average molecular weight is 543 g/mol. The third-order valence-corrected chi connectivity index (χ3v) is 7.77. The summed E-state index contributed by atoms with van der Waals surface area (Å²) in [6, 6.07) is 23.5. The Morgan fingerprint density at radius 2 is 1.52 bits per heavy atom. The van der Waals surface area contributed by atoms with E-state index in [4.69, 9.17) is 9.47 Å². The summed E-state index contributed by atoms with van der Waals surface area (Å²) < 4.78 is 10.8. The molecule has 0 bridgehead atoms. The molecule has 2 amide bonds. The van der Waals surface area contributed by atoms with Gasteiger partial charge in [0.1, 0.15) is 6.04 Å². The Labute approximate surface area is 238 Å². The van der Waals surface area contributed by atoms with Crippen LogP contribution in [0.15, 0.2) is 72.8 Å². The third-order valence-electron chi connectivity index (χ3n) is 7.77. The summed E-state index contributed by atoms with van der Waals surface area (Å²) in [4.78, 5) is 29.7. The number of carbonyl (C=O) groups excluding carboxylic acids is 2. The molecule has 0 saturated heterocycles. The first kappa shape index (κ1) is 29.2. The van der Waals surface area contributed by atoms with Crippen LogP contribution in [0, 0.1) is 6.92 Å². The zero-order chi connectivity index (χ0) is 28.3. The van der Waals surface area contributed by atoms with Crippen LogP contribution in [-0.2, 0) is 29.0 Å². The number of rotatable bonds is 12. The van der Waals surface area contributed by atoms with Gasteiger partial charge >= 0.3 is 0 Å². The van der Waals surface area contributed by atoms with Gasteiger partial charge in [0.15, 0.2) is 11.5 Å². The Balaban J connectivity index is 1.60. The Morgan fingerprint density at radius 3 is 2.20 bits per heavy atom. The number of hydrogen-bond donors (Lipinski definition) is 1. The quantitative estimate of drug-likeness (QED) is 0.303. The molecule has 0 aromatic heterocycles. The average Bonchev–Trinajstić information content (AvgIpc) is 2.99. The highest BCUT2D eigenvalue weighted by molar-refractivity contribution is 5.88. The SMILES string of the molecule is COc1ccc(CCC(=O)N(Cc2ccc(C)cc2)C(Cc2ccccc2)C(=O)NC2CCCCC2)cc1OC. The lowest BCUT2D eigenvalue weighted by molar-refractivity contribution is -0.141. The molecule has 0 radical (unpaired) electrons. The molecule has 212 valence electrons. The zero-order valence-corrected chi connectivity index (χ0v) is 24.0. The Bertz CT molecular complexity index is 1240. The summed E-state index contributed by atoms with van der Waals surface area (Å²) in [5.74, 6) is 1.18. The fourth-order valence-corrected chi connectivity index (χ4v) is 5.42. The molecule has 1 N–H and O–H groups in total. The lowest BCUT2D eigenvalue weighted by atomic mass is 9.94. The predicted molar refractivity (Wildman–Crippen MR) is 159 cm³/mol. The van der Waals surface area contributed by atoms with E-state index in [-0.39, 0.29) is 24.3 Å². The van der Waals surface area contributed by atoms with E-state index in [1.165, 1.54) is 6.42 Å². The maximum atomic E-state index is 14.0. The van der Waals surface area contributed by atoms with E-state index in [1.807, 2.05) is 67.6 Å². The molecule has 0 spiro atoms. The van der Waals surface area contributed by atoms with Crippen molar-refractivity contribution in [3.63, 3.8) is 0 Å². The molecule has 0 heterocycles. The van der Waals surface area contributed by atoms with E-state index >= 15 is 0 Å². The number of nitrogens with one attached hydrogen (secondary N) is 1. The predicted octanol–water partition coefficient (Wildman–Crippen LogP) is 6.03. The van der Waals surface area contributed by atoms with Crippen LogP contribution in [0.3, 0.4) is 0 Å². The van der Waals surface area contributed by atoms with Crippen molar-refractivity contribution in [1.82, 2.24) is 10.2 Å². The van der Waals surface area contributed by atoms with Crippen molar-refractivity contribution in [2.45, 2.75) is 76.9 Å². The second kappa shape index (κ2) is 14.5. The highest BCUT2D eigenvalue weighted by Crippen LogP contribution is 2.28. The van der Waals surface area contributed by atoms with Gasteiger partial charge in [-0.25, -0.2) is 0 Å². The molecule has 1 fully saturated rings. The molecule has 40 heavy (non-hydrogen) atoms. The van der Waals surface area contributed by atoms with E-state index in [0.717, 1.165) is 47.9 Å². The van der Waals surface area contributed by atoms with Gasteiger partial charge in [0.05, 0.1) is 14.2 Å². The van der Waals surface area contributed by atoms with Crippen molar-refractivity contribution in [3.8, 4) is 11.5 Å². The normalized spacial score (nSPS) is 14.3. The van der Waals surface area contributed by atoms with Crippen molar-refractivity contribution < 1.29 is 19.1 Å². The highest BCUT2D eigenvalue weighted by atomic mass is 16.5. The molecule has 3 aromatic carbocycles. The van der Waals surface area contributed by atoms with E-state index < -0.39 is 6.04 Å². The Morgan fingerprint density at radius 1 is 0.850 bits per heavy atom. The van der Waals surface area contributed by atoms with Crippen LogP contribution in [0.5, 0.6) is 11.5 Å². The van der Waals surface area contributed by atoms with Crippen molar-refractivity contribution in [2.75, 3.05) is 14.2 Å². The molecule has 3 aromatic rings. The number of benzene rings is 3. The second-order valence-electron chi connectivity index (χ2n) is 10.7. The van der Waals surface area contributed by atoms with E-state index in [1.54, 1.807) is 19.1 Å². The van der Waals surface area contributed by atoms with Crippen molar-refractivity contribution >= 4 is 11.8 Å². The molecule has 6 heteroatoms. The van der Waals surface area contributed by atoms with Gasteiger partial charge in [-0.2, -0.15) is 0 Å². The number of nitrogens with zero attached hydrogens (tertiary/aromatic N) is 1. The maximum absolute atomic E-state index is 14.0. The summed E-state index contributed by atoms with van der Waals surface area (Å²) in [7, 11) is 3.21. The minimum Gasteiger partial charge on any atom is -0.493 e. The van der Waals surface area contributed by atoms with Gasteiger partial charge in [-0.3, -0.25) is 9.59 Å². The van der Waals surface area contributed by atoms with E-state index in [2.05, 4.69) is 17.4 Å². The fourth-order valence-electron chi connectivity index (χ4n) is 5.42. The number of methoxy groups -OCH3 is 2. The van der Waals surface area contributed by atoms with Crippen LogP contribution < -0.4 is 14.8 Å². The standard InChI is InChI=1S/C34H42N2O4/c1-25-14-16-28(17-15-25)24-36(33(37)21-19-27-18-20-31(39-2)32(23-27)40-3)30(22-26-10-6-4-7-11-26)34(38)35-29-12-8-5-9-13-29/h4,6-7,10-11,14-18,20,23,29-30H,5,8-9,12-13,19,21-22,24H2,1-3H3,(H,35,38). The van der Waals surface area contributed by atoms with Crippen LogP contribution >= 0.6 is 0 Å². The number of carbonyl (C=O) groups is 2. The van der Waals surface area contributed by atoms with Crippen molar-refractivity contribution in [2.24, 2.45) is 0 Å². The van der Waals surface area contributed by atoms with Crippen molar-refractivity contribution in [3.05, 3.63) is 95.1 Å². The Hall–Kier alpha value is -3.80. The van der Waals surface area contributed by atoms with Gasteiger partial charge in [0.2, 0.25) is 11.8 Å². The number of hydrogen-bond acceptors (Lipinski definition) is 4. The summed E-state index contributed by atoms with van der Waals surface area (Å²) in [6.45, 7) is 2.42. The summed E-state index contributed by atoms with van der Waals surface area (Å²) in [6.07, 6.45) is 6.75. The molecule has 6 nitrogen and oxygen atoms in total. The number of amides is 2. The maximum Gasteiger partial charge on any atom is 0.243 e. The lowest BCUT2D eigenvalue weighted by Gasteiger charge is -2.33. The van der Waals surface area contributed by atoms with Gasteiger partial charge in [-0.05, 0) is 55.0 Å². The fraction of sp³-hybridized carbons (Fsp3) is 0.412. The van der Waals surface area contributed by atoms with Crippen LogP contribution in [0.25, 0.3) is 0 Å². The molecular formula is C34H42N2O4. The first-order valence-corrected chi connectivity index (χ1v) is 14.4. The van der Waals surface area contributed by atoms with Gasteiger partial charge < -0.3 is 19.7 Å². The van der Waals surface area contributed by atoms with Gasteiger partial charge in [0.25, 0.3) is 0 Å². The van der Waals surface area contributed by atoms with Gasteiger partial charge in [0, 0.05) is 25.4 Å². The monoisotopic (exact) mass is 542 g/mol. The van der Waals surface area contributed by atoms with E-state index in [9.17, 15) is 9.59 Å². The number of aryl methyl sites for hydroxylation is 2. The van der Waals surface area contributed by atoms with Crippen LogP contribution in [0.1, 0.15) is 60.8 Å². The summed E-state index contributed by atoms with van der Waals surface area (Å²) in [5.41, 5.74) is 4.18. The molecule has 1 atom stereocenters. The molecule has 4 rings (SSSR count). The van der Waals surface area contributed by atoms with Gasteiger partial charge in [-0.1, -0.05) is 85.5 Å². The van der Waals surface area contributed by atoms with Crippen LogP contribution in [-0.4, -0.2) is 43.0 Å². The first-order valence-electron chi connectivity index (χ1n) is 14.4. The van der Waals surface area contributed by atoms with Gasteiger partial charge in [-0.15, -0.1) is 0 Å². The van der Waals surface area contributed by atoms with Crippen molar-refractivity contribution in [1.29, 1.82) is 0 Å². The van der Waals surface area contributed by atoms with Crippen LogP contribution in [0.4, 0.5) is 0 Å². The highest BCUT2D eigenvalue weighted by Gasteiger charge is 2.31. The molecule has 1 aliphatic carbocycles. The van der Waals surface area contributed by atoms with Crippen LogP contribution in [0.2, 0.25) is 0 Å². The third kappa shape index (κ3) is 8.10. The molecule has 1 unspecified atom stereocenters. The second-order valence-corrected chi connectivity index (χ2v) is 10.7. The summed E-state index contributed by atoms with van der Waals surface area (Å²) >= 11 is 0. The minimum atomic E-state index is -0.608.